The number of alkyl halides is 3. The van der Waals surface area contributed by atoms with E-state index in [-0.39, 0.29) is 86.9 Å². The Hall–Kier alpha value is -8.27. The van der Waals surface area contributed by atoms with Gasteiger partial charge in [0.15, 0.2) is 11.5 Å². The number of nitriles is 1. The minimum Gasteiger partial charge on any atom is -0.444 e. The number of pyridine rings is 1. The lowest BCUT2D eigenvalue weighted by atomic mass is 9.72. The summed E-state index contributed by atoms with van der Waals surface area (Å²) in [4.78, 5) is 118. The molecule has 3 fully saturated rings. The smallest absolute Gasteiger partial charge is 0.416 e. The summed E-state index contributed by atoms with van der Waals surface area (Å²) < 4.78 is 54.3. The van der Waals surface area contributed by atoms with Gasteiger partial charge in [0.05, 0.1) is 31.6 Å². The van der Waals surface area contributed by atoms with Crippen LogP contribution >= 0.6 is 0 Å². The van der Waals surface area contributed by atoms with Gasteiger partial charge in [-0.25, -0.2) is 19.1 Å². The van der Waals surface area contributed by atoms with Crippen molar-refractivity contribution in [2.75, 3.05) is 34.8 Å². The molecular weight excluding hydrogens is 1070 g/mol. The molecule has 8 rings (SSSR count). The highest BCUT2D eigenvalue weighted by Gasteiger charge is 2.44. The second-order valence-electron chi connectivity index (χ2n) is 22.1. The van der Waals surface area contributed by atoms with E-state index >= 15 is 13.2 Å². The summed E-state index contributed by atoms with van der Waals surface area (Å²) in [5.41, 5.74) is 1.04. The van der Waals surface area contributed by atoms with Crippen molar-refractivity contribution in [1.82, 2.24) is 35.4 Å². The minimum atomic E-state index is -4.78. The summed E-state index contributed by atoms with van der Waals surface area (Å²) in [6.45, 7) is 9.81. The number of amides is 7. The molecule has 5 heterocycles. The van der Waals surface area contributed by atoms with Crippen molar-refractivity contribution >= 4 is 64.8 Å². The van der Waals surface area contributed by atoms with E-state index < -0.39 is 83.8 Å². The van der Waals surface area contributed by atoms with E-state index in [9.17, 15) is 43.6 Å². The van der Waals surface area contributed by atoms with Gasteiger partial charge in [-0.1, -0.05) is 44.5 Å². The number of ether oxygens (including phenoxy) is 1. The number of rotatable bonds is 21. The lowest BCUT2D eigenvalue weighted by Crippen LogP contribution is -2.53. The van der Waals surface area contributed by atoms with Crippen LogP contribution in [-0.4, -0.2) is 104 Å². The predicted octanol–water partition coefficient (Wildman–Crippen LogP) is 6.43. The maximum absolute atomic E-state index is 15.1. The number of aryl methyl sites for hydroxylation is 1. The van der Waals surface area contributed by atoms with Gasteiger partial charge in [0, 0.05) is 67.2 Å². The van der Waals surface area contributed by atoms with Crippen LogP contribution < -0.4 is 30.3 Å². The van der Waals surface area contributed by atoms with Gasteiger partial charge < -0.3 is 25.5 Å². The van der Waals surface area contributed by atoms with Crippen LogP contribution in [0.4, 0.5) is 35.3 Å². The monoisotopic (exact) mass is 1140 g/mol. The molecule has 4 aromatic rings. The lowest BCUT2D eigenvalue weighted by Gasteiger charge is -2.35. The van der Waals surface area contributed by atoms with Crippen molar-refractivity contribution in [1.29, 1.82) is 5.26 Å². The van der Waals surface area contributed by atoms with E-state index in [1.54, 1.807) is 68.2 Å². The van der Waals surface area contributed by atoms with Crippen molar-refractivity contribution in [3.63, 3.8) is 0 Å². The topological polar surface area (TPSA) is 262 Å². The highest BCUT2D eigenvalue weighted by Crippen LogP contribution is 2.48. The van der Waals surface area contributed by atoms with E-state index in [1.165, 1.54) is 27.7 Å². The zero-order valence-corrected chi connectivity index (χ0v) is 46.7. The molecule has 436 valence electrons. The van der Waals surface area contributed by atoms with Crippen LogP contribution in [0.25, 0.3) is 5.69 Å². The number of hydrogen-bond acceptors (Lipinski definition) is 14. The van der Waals surface area contributed by atoms with Gasteiger partial charge in [0.25, 0.3) is 24.0 Å². The maximum Gasteiger partial charge on any atom is 0.416 e. The van der Waals surface area contributed by atoms with E-state index in [1.807, 2.05) is 0 Å². The average molecular weight is 1140 g/mol. The third-order valence-corrected chi connectivity index (χ3v) is 15.0. The van der Waals surface area contributed by atoms with Crippen LogP contribution in [0.1, 0.15) is 143 Å². The van der Waals surface area contributed by atoms with Gasteiger partial charge in [-0.3, -0.25) is 43.5 Å². The summed E-state index contributed by atoms with van der Waals surface area (Å²) in [5.74, 6) is -4.41. The molecule has 3 atom stereocenters. The van der Waals surface area contributed by atoms with Crippen molar-refractivity contribution in [3.05, 3.63) is 88.5 Å². The van der Waals surface area contributed by atoms with Gasteiger partial charge in [0.2, 0.25) is 24.0 Å². The number of hydroxylamine groups is 2. The van der Waals surface area contributed by atoms with Gasteiger partial charge in [-0.2, -0.15) is 18.4 Å². The molecule has 2 aromatic heterocycles. The summed E-state index contributed by atoms with van der Waals surface area (Å²) in [6.07, 6.45) is 0.210. The summed E-state index contributed by atoms with van der Waals surface area (Å²) >= 11 is 0. The Morgan fingerprint density at radius 1 is 0.939 bits per heavy atom. The normalized spacial score (nSPS) is 18.8. The van der Waals surface area contributed by atoms with E-state index in [0.29, 0.717) is 45.0 Å². The number of carbonyl (C=O) groups is 8. The minimum absolute atomic E-state index is 0.00927. The van der Waals surface area contributed by atoms with Crippen LogP contribution in [0.3, 0.4) is 0 Å². The fraction of sp³-hybridized carbons (Fsp3) is 0.509. The standard InChI is InChI=1S/C57H67F3N12O10/c1-33(2)50(66-46(73)11-7-12-49(76)82-72-47(74)17-18-48(72)75)54(78)63-36(5)53(77)64-40-15-13-37(14-16-40)30-81-56(80)69(21-9-19-61)45-26-41(39-22-35(4)23-39)51(71-32-67(6)31-62-71)52(65-45)70-29-43-42(55(70)79)24-38(25-44(43)57(58,59)60)28-68-20-8-10-34(3)27-68/h13-16,24-26,31-36,39,50H,7-12,17-18,20-23,27-30H2,1-6H3,(H2-,63,64,66,73,77,78)/p+1/t34-,35?,36-,39?,50-/m0/s1. The second kappa shape index (κ2) is 25.7. The average Bonchev–Trinajstić information content (AvgIpc) is 4.26. The molecule has 4 aliphatic rings. The number of halogens is 3. The third kappa shape index (κ3) is 14.2. The first kappa shape index (κ1) is 59.8. The quantitative estimate of drug-likeness (QED) is 0.0600. The molecule has 22 nitrogen and oxygen atoms in total. The first-order valence-corrected chi connectivity index (χ1v) is 27.6. The number of nitrogens with one attached hydrogen (secondary N) is 3. The van der Waals surface area contributed by atoms with Crippen molar-refractivity contribution in [2.24, 2.45) is 24.8 Å². The third-order valence-electron chi connectivity index (χ3n) is 15.0. The molecule has 1 saturated carbocycles. The largest absolute Gasteiger partial charge is 0.444 e. The number of nitrogens with zero attached hydrogens (tertiary/aromatic N) is 9. The Labute approximate surface area is 472 Å². The van der Waals surface area contributed by atoms with Gasteiger partial charge in [0.1, 0.15) is 24.5 Å². The van der Waals surface area contributed by atoms with Crippen molar-refractivity contribution in [2.45, 2.75) is 143 Å². The van der Waals surface area contributed by atoms with Gasteiger partial charge in [-0.15, -0.1) is 5.06 Å². The Kier molecular flexibility index (Phi) is 18.7. The number of likely N-dealkylation sites (tertiary alicyclic amines) is 1. The number of benzene rings is 2. The zero-order valence-electron chi connectivity index (χ0n) is 46.7. The summed E-state index contributed by atoms with van der Waals surface area (Å²) in [5, 5.41) is 22.7. The molecule has 0 spiro atoms. The number of aromatic nitrogens is 4. The highest BCUT2D eigenvalue weighted by atomic mass is 19.4. The van der Waals surface area contributed by atoms with Crippen LogP contribution in [0, 0.1) is 29.1 Å². The van der Waals surface area contributed by atoms with E-state index in [4.69, 9.17) is 14.6 Å². The lowest BCUT2D eigenvalue weighted by molar-refractivity contribution is -0.672. The molecular formula is C57H68F3N12O10+. The highest BCUT2D eigenvalue weighted by molar-refractivity contribution is 6.11. The number of fused-ring (bicyclic) bond motifs is 1. The molecule has 0 radical (unpaired) electrons. The summed E-state index contributed by atoms with van der Waals surface area (Å²) in [6, 6.07) is 10.6. The van der Waals surface area contributed by atoms with Gasteiger partial charge >= 0.3 is 18.2 Å². The van der Waals surface area contributed by atoms with Crippen molar-refractivity contribution < 1.29 is 65.7 Å². The molecule has 3 N–H and O–H groups in total. The molecule has 2 aromatic carbocycles. The number of anilines is 3. The predicted molar refractivity (Wildman–Crippen MR) is 288 cm³/mol. The molecule has 3 aliphatic heterocycles. The first-order valence-electron chi connectivity index (χ1n) is 27.6. The Bertz CT molecular complexity index is 3140. The van der Waals surface area contributed by atoms with Crippen LogP contribution in [0.15, 0.2) is 55.1 Å². The van der Waals surface area contributed by atoms with Crippen LogP contribution in [0.5, 0.6) is 0 Å². The van der Waals surface area contributed by atoms with E-state index in [2.05, 4.69) is 45.9 Å². The molecule has 1 aliphatic carbocycles. The molecule has 25 heteroatoms. The molecule has 82 heavy (non-hydrogen) atoms. The van der Waals surface area contributed by atoms with E-state index in [0.717, 1.165) is 44.8 Å². The number of imide groups is 1. The molecule has 2 saturated heterocycles. The number of piperidine rings is 1. The van der Waals surface area contributed by atoms with Crippen LogP contribution in [0.2, 0.25) is 0 Å². The Balaban J connectivity index is 0.951. The Morgan fingerprint density at radius 3 is 2.29 bits per heavy atom. The van der Waals surface area contributed by atoms with Crippen LogP contribution in [-0.2, 0) is 71.3 Å². The second-order valence-corrected chi connectivity index (χ2v) is 22.1. The fourth-order valence-electron chi connectivity index (χ4n) is 10.7. The molecule has 0 unspecified atom stereocenters. The fourth-order valence-corrected chi connectivity index (χ4v) is 10.7. The SMILES string of the molecule is CC1CC(c2cc(N(CCC#N)C(=O)OCc3ccc(NC(=O)[C@H](C)NC(=O)[C@@H](NC(=O)CCCC(=O)ON4C(=O)CCC4=O)C(C)C)cc3)nc(N3Cc4c(cc(CN5CCC[C@H](C)C5)cc4C(F)(F)F)C3=O)c2-n2c[n+](C)cn2)C1. The molecule has 7 amide bonds. The zero-order chi connectivity index (χ0) is 59.2. The van der Waals surface area contributed by atoms with Crippen molar-refractivity contribution in [3.8, 4) is 11.8 Å². The Morgan fingerprint density at radius 2 is 1.66 bits per heavy atom. The molecule has 0 bridgehead atoms. The maximum atomic E-state index is 15.1. The summed E-state index contributed by atoms with van der Waals surface area (Å²) in [7, 11) is 1.75. The number of hydrogen-bond donors (Lipinski definition) is 3. The first-order chi connectivity index (χ1) is 39.0. The van der Waals surface area contributed by atoms with Gasteiger partial charge in [-0.05, 0) is 116 Å². The number of carbonyl (C=O) groups excluding carboxylic acids is 8.